The van der Waals surface area contributed by atoms with Crippen molar-refractivity contribution in [2.24, 2.45) is 0 Å². The summed E-state index contributed by atoms with van der Waals surface area (Å²) in [4.78, 5) is 2.37. The maximum absolute atomic E-state index is 6.44. The van der Waals surface area contributed by atoms with Crippen LogP contribution in [0.15, 0.2) is 185 Å². The molecule has 8 aromatic carbocycles. The van der Waals surface area contributed by atoms with E-state index in [4.69, 9.17) is 8.83 Å². The van der Waals surface area contributed by atoms with E-state index in [-0.39, 0.29) is 0 Å². The summed E-state index contributed by atoms with van der Waals surface area (Å²) in [7, 11) is 0. The van der Waals surface area contributed by atoms with Gasteiger partial charge in [0.2, 0.25) is 0 Å². The summed E-state index contributed by atoms with van der Waals surface area (Å²) in [5.74, 6) is 0. The van der Waals surface area contributed by atoms with Gasteiger partial charge in [0.1, 0.15) is 22.3 Å². The highest BCUT2D eigenvalue weighted by molar-refractivity contribution is 6.10. The second-order valence-electron chi connectivity index (χ2n) is 12.5. The number of nitrogens with zero attached hydrogens (tertiary/aromatic N) is 1. The minimum atomic E-state index is 0.863. The van der Waals surface area contributed by atoms with E-state index in [9.17, 15) is 0 Å². The molecule has 0 spiro atoms. The lowest BCUT2D eigenvalue weighted by molar-refractivity contribution is 0.669. The predicted molar refractivity (Wildman–Crippen MR) is 204 cm³/mol. The zero-order valence-corrected chi connectivity index (χ0v) is 26.5. The number of para-hydroxylation sites is 4. The van der Waals surface area contributed by atoms with E-state index < -0.39 is 0 Å². The smallest absolute Gasteiger partial charge is 0.143 e. The fraction of sp³-hybridized carbons (Fsp3) is 0. The minimum absolute atomic E-state index is 0.863. The predicted octanol–water partition coefficient (Wildman–Crippen LogP) is 13.4. The quantitative estimate of drug-likeness (QED) is 0.190. The molecule has 0 radical (unpaired) electrons. The highest BCUT2D eigenvalue weighted by Crippen LogP contribution is 2.45. The summed E-state index contributed by atoms with van der Waals surface area (Å²) in [6.07, 6.45) is 0. The molecule has 0 aliphatic rings. The number of benzene rings is 8. The van der Waals surface area contributed by atoms with Crippen LogP contribution in [0.5, 0.6) is 0 Å². The Hall–Kier alpha value is -6.58. The Bertz CT molecular complexity index is 2850. The van der Waals surface area contributed by atoms with Gasteiger partial charge in [0, 0.05) is 49.8 Å². The summed E-state index contributed by atoms with van der Waals surface area (Å²) in [5.41, 5.74) is 11.2. The van der Waals surface area contributed by atoms with Crippen LogP contribution in [-0.4, -0.2) is 0 Å². The molecule has 0 atom stereocenters. The lowest BCUT2D eigenvalue weighted by atomic mass is 9.96. The maximum atomic E-state index is 6.44. The second-order valence-corrected chi connectivity index (χ2v) is 12.5. The molecule has 49 heavy (non-hydrogen) atoms. The van der Waals surface area contributed by atoms with Crippen LogP contribution in [0, 0.1) is 0 Å². The van der Waals surface area contributed by atoms with Crippen LogP contribution < -0.4 is 4.90 Å². The van der Waals surface area contributed by atoms with Gasteiger partial charge in [0.05, 0.1) is 11.4 Å². The van der Waals surface area contributed by atoms with Crippen molar-refractivity contribution in [1.82, 2.24) is 0 Å². The van der Waals surface area contributed by atoms with Gasteiger partial charge in [0.15, 0.2) is 0 Å². The van der Waals surface area contributed by atoms with Gasteiger partial charge in [-0.2, -0.15) is 0 Å². The molecular formula is C46H29NO2. The van der Waals surface area contributed by atoms with Crippen LogP contribution in [0.1, 0.15) is 0 Å². The molecule has 0 saturated heterocycles. The van der Waals surface area contributed by atoms with Gasteiger partial charge in [-0.15, -0.1) is 0 Å². The molecule has 10 rings (SSSR count). The molecule has 2 aromatic heterocycles. The van der Waals surface area contributed by atoms with E-state index in [0.717, 1.165) is 83.2 Å². The first-order chi connectivity index (χ1) is 24.3. The Morgan fingerprint density at radius 2 is 0.918 bits per heavy atom. The second kappa shape index (κ2) is 11.0. The Labute approximate surface area is 282 Å². The molecule has 0 amide bonds. The van der Waals surface area contributed by atoms with Crippen LogP contribution in [-0.2, 0) is 0 Å². The molecule has 0 bridgehead atoms. The summed E-state index contributed by atoms with van der Waals surface area (Å²) in [6, 6.07) is 62.1. The number of hydrogen-bond acceptors (Lipinski definition) is 3. The molecule has 0 aliphatic heterocycles. The SMILES string of the molecule is c1cc(-c2ccccc2N(c2ccc3c(c2)oc2ccccc23)c2cccc3ccccc23)cc(-c2cccc3c2oc2ccccc23)c1. The van der Waals surface area contributed by atoms with E-state index in [0.29, 0.717) is 0 Å². The number of hydrogen-bond donors (Lipinski definition) is 0. The van der Waals surface area contributed by atoms with Crippen molar-refractivity contribution < 1.29 is 8.83 Å². The Balaban J connectivity index is 1.18. The highest BCUT2D eigenvalue weighted by Gasteiger charge is 2.21. The summed E-state index contributed by atoms with van der Waals surface area (Å²) < 4.78 is 12.8. The first-order valence-corrected chi connectivity index (χ1v) is 16.6. The van der Waals surface area contributed by atoms with Crippen LogP contribution in [0.25, 0.3) is 76.9 Å². The first kappa shape index (κ1) is 27.5. The van der Waals surface area contributed by atoms with E-state index in [1.54, 1.807) is 0 Å². The molecular weight excluding hydrogens is 599 g/mol. The first-order valence-electron chi connectivity index (χ1n) is 16.6. The molecule has 230 valence electrons. The molecule has 3 heteroatoms. The molecule has 3 nitrogen and oxygen atoms in total. The van der Waals surface area contributed by atoms with Gasteiger partial charge in [-0.1, -0.05) is 127 Å². The Morgan fingerprint density at radius 1 is 0.347 bits per heavy atom. The van der Waals surface area contributed by atoms with Crippen molar-refractivity contribution in [2.45, 2.75) is 0 Å². The summed E-state index contributed by atoms with van der Waals surface area (Å²) in [6.45, 7) is 0. The number of rotatable bonds is 5. The fourth-order valence-electron chi connectivity index (χ4n) is 7.41. The van der Waals surface area contributed by atoms with Crippen LogP contribution in [0.3, 0.4) is 0 Å². The standard InChI is InChI=1S/C46H29NO2/c1-2-16-34-30(12-1)13-10-23-42(34)47(33-26-27-39-37-18-4-7-24-43(37)48-45(39)29-33)41-22-6-3-17-35(41)31-14-9-15-32(28-31)36-20-11-21-40-38-19-5-8-25-44(38)49-46(36)40/h1-29H. The van der Waals surface area contributed by atoms with Gasteiger partial charge in [-0.25, -0.2) is 0 Å². The highest BCUT2D eigenvalue weighted by atomic mass is 16.3. The van der Waals surface area contributed by atoms with E-state index in [1.165, 1.54) is 10.8 Å². The fourth-order valence-corrected chi connectivity index (χ4v) is 7.41. The maximum Gasteiger partial charge on any atom is 0.143 e. The Morgan fingerprint density at radius 3 is 1.80 bits per heavy atom. The van der Waals surface area contributed by atoms with Crippen LogP contribution >= 0.6 is 0 Å². The number of furan rings is 2. The average molecular weight is 628 g/mol. The molecule has 0 unspecified atom stereocenters. The van der Waals surface area contributed by atoms with Gasteiger partial charge >= 0.3 is 0 Å². The minimum Gasteiger partial charge on any atom is -0.456 e. The molecule has 2 heterocycles. The van der Waals surface area contributed by atoms with Crippen molar-refractivity contribution in [3.05, 3.63) is 176 Å². The van der Waals surface area contributed by atoms with Crippen molar-refractivity contribution in [3.8, 4) is 22.3 Å². The van der Waals surface area contributed by atoms with Gasteiger partial charge < -0.3 is 13.7 Å². The van der Waals surface area contributed by atoms with E-state index in [1.807, 2.05) is 24.3 Å². The van der Waals surface area contributed by atoms with E-state index >= 15 is 0 Å². The van der Waals surface area contributed by atoms with Crippen molar-refractivity contribution in [2.75, 3.05) is 4.90 Å². The van der Waals surface area contributed by atoms with Crippen LogP contribution in [0.2, 0.25) is 0 Å². The van der Waals surface area contributed by atoms with Crippen LogP contribution in [0.4, 0.5) is 17.1 Å². The molecule has 0 saturated carbocycles. The van der Waals surface area contributed by atoms with E-state index in [2.05, 4.69) is 157 Å². The summed E-state index contributed by atoms with van der Waals surface area (Å²) >= 11 is 0. The summed E-state index contributed by atoms with van der Waals surface area (Å²) in [5, 5.41) is 6.86. The number of fused-ring (bicyclic) bond motifs is 7. The molecule has 0 aliphatic carbocycles. The van der Waals surface area contributed by atoms with Crippen molar-refractivity contribution in [1.29, 1.82) is 0 Å². The van der Waals surface area contributed by atoms with Crippen molar-refractivity contribution >= 4 is 71.7 Å². The van der Waals surface area contributed by atoms with Gasteiger partial charge in [-0.05, 0) is 59.0 Å². The van der Waals surface area contributed by atoms with Crippen molar-refractivity contribution in [3.63, 3.8) is 0 Å². The molecule has 0 fully saturated rings. The van der Waals surface area contributed by atoms with Gasteiger partial charge in [-0.3, -0.25) is 0 Å². The zero-order chi connectivity index (χ0) is 32.3. The largest absolute Gasteiger partial charge is 0.456 e. The monoisotopic (exact) mass is 627 g/mol. The molecule has 10 aromatic rings. The average Bonchev–Trinajstić information content (AvgIpc) is 3.73. The lowest BCUT2D eigenvalue weighted by Crippen LogP contribution is -2.11. The zero-order valence-electron chi connectivity index (χ0n) is 26.5. The number of anilines is 3. The lowest BCUT2D eigenvalue weighted by Gasteiger charge is -2.29. The third-order valence-corrected chi connectivity index (χ3v) is 9.66. The third kappa shape index (κ3) is 4.44. The normalized spacial score (nSPS) is 11.7. The molecule has 0 N–H and O–H groups in total. The topological polar surface area (TPSA) is 29.5 Å². The third-order valence-electron chi connectivity index (χ3n) is 9.66. The Kier molecular flexibility index (Phi) is 6.18. The van der Waals surface area contributed by atoms with Gasteiger partial charge in [0.25, 0.3) is 0 Å².